The van der Waals surface area contributed by atoms with Crippen LogP contribution >= 0.6 is 0 Å². The maximum Gasteiger partial charge on any atom is 0.0577 e. The predicted molar refractivity (Wildman–Crippen MR) is 82.4 cm³/mol. The first kappa shape index (κ1) is 13.6. The van der Waals surface area contributed by atoms with Crippen molar-refractivity contribution in [3.8, 4) is 0 Å². The van der Waals surface area contributed by atoms with Crippen LogP contribution in [-0.4, -0.2) is 7.05 Å². The highest BCUT2D eigenvalue weighted by Crippen LogP contribution is 2.27. The van der Waals surface area contributed by atoms with Gasteiger partial charge in [0.15, 0.2) is 0 Å². The van der Waals surface area contributed by atoms with E-state index in [-0.39, 0.29) is 6.04 Å². The molecule has 0 fully saturated rings. The van der Waals surface area contributed by atoms with Gasteiger partial charge in [-0.1, -0.05) is 24.3 Å². The first-order valence-corrected chi connectivity index (χ1v) is 6.63. The minimum absolute atomic E-state index is 0.183. The molecule has 2 aromatic rings. The summed E-state index contributed by atoms with van der Waals surface area (Å²) < 4.78 is 0. The van der Waals surface area contributed by atoms with E-state index >= 15 is 0 Å². The highest BCUT2D eigenvalue weighted by atomic mass is 14.9. The normalized spacial score (nSPS) is 12.4. The molecular formula is C17H22N2. The van der Waals surface area contributed by atoms with Crippen molar-refractivity contribution in [2.75, 3.05) is 12.8 Å². The molecule has 2 aromatic carbocycles. The van der Waals surface area contributed by atoms with E-state index < -0.39 is 0 Å². The van der Waals surface area contributed by atoms with Gasteiger partial charge >= 0.3 is 0 Å². The van der Waals surface area contributed by atoms with Crippen LogP contribution in [0.2, 0.25) is 0 Å². The number of anilines is 1. The van der Waals surface area contributed by atoms with E-state index in [4.69, 9.17) is 5.73 Å². The first-order valence-electron chi connectivity index (χ1n) is 6.63. The first-order chi connectivity index (χ1) is 9.02. The maximum atomic E-state index is 5.89. The number of nitrogens with two attached hydrogens (primary N) is 1. The van der Waals surface area contributed by atoms with Crippen LogP contribution in [-0.2, 0) is 0 Å². The van der Waals surface area contributed by atoms with Crippen molar-refractivity contribution in [3.63, 3.8) is 0 Å². The zero-order valence-electron chi connectivity index (χ0n) is 12.1. The van der Waals surface area contributed by atoms with Gasteiger partial charge in [-0.3, -0.25) is 0 Å². The molecule has 0 amide bonds. The Hall–Kier alpha value is -1.80. The molecule has 1 atom stereocenters. The minimum atomic E-state index is 0.183. The molecule has 0 bridgehead atoms. The summed E-state index contributed by atoms with van der Waals surface area (Å²) in [6.07, 6.45) is 0. The Morgan fingerprint density at radius 1 is 0.947 bits per heavy atom. The van der Waals surface area contributed by atoms with Gasteiger partial charge in [0, 0.05) is 5.69 Å². The van der Waals surface area contributed by atoms with Crippen molar-refractivity contribution in [2.45, 2.75) is 26.8 Å². The Labute approximate surface area is 115 Å². The van der Waals surface area contributed by atoms with E-state index in [9.17, 15) is 0 Å². The summed E-state index contributed by atoms with van der Waals surface area (Å²) in [6.45, 7) is 6.48. The lowest BCUT2D eigenvalue weighted by atomic mass is 9.91. The Balaban J connectivity index is 2.51. The van der Waals surface area contributed by atoms with Crippen LogP contribution in [0.4, 0.5) is 5.69 Å². The van der Waals surface area contributed by atoms with Crippen LogP contribution in [0.15, 0.2) is 36.4 Å². The molecule has 0 aliphatic carbocycles. The third kappa shape index (κ3) is 2.79. The van der Waals surface area contributed by atoms with Gasteiger partial charge < -0.3 is 11.1 Å². The zero-order chi connectivity index (χ0) is 14.0. The summed E-state index contributed by atoms with van der Waals surface area (Å²) in [7, 11) is 1.99. The van der Waals surface area contributed by atoms with Gasteiger partial charge in [-0.2, -0.15) is 0 Å². The fraction of sp³-hybridized carbons (Fsp3) is 0.294. The second-order valence-electron chi connectivity index (χ2n) is 5.18. The van der Waals surface area contributed by atoms with Gasteiger partial charge in [0.05, 0.1) is 6.04 Å². The summed E-state index contributed by atoms with van der Waals surface area (Å²) in [4.78, 5) is 0. The lowest BCUT2D eigenvalue weighted by Crippen LogP contribution is -2.19. The van der Waals surface area contributed by atoms with E-state index in [1.165, 1.54) is 27.8 Å². The van der Waals surface area contributed by atoms with Gasteiger partial charge in [0.2, 0.25) is 0 Å². The fourth-order valence-corrected chi connectivity index (χ4v) is 2.53. The molecule has 2 heteroatoms. The molecule has 0 aromatic heterocycles. The third-order valence-electron chi connectivity index (χ3n) is 3.73. The quantitative estimate of drug-likeness (QED) is 0.823. The molecule has 0 saturated heterocycles. The van der Waals surface area contributed by atoms with E-state index in [0.717, 1.165) is 5.69 Å². The average molecular weight is 254 g/mol. The van der Waals surface area contributed by atoms with Crippen molar-refractivity contribution in [1.82, 2.24) is 5.32 Å². The Morgan fingerprint density at radius 3 is 2.26 bits per heavy atom. The van der Waals surface area contributed by atoms with Gasteiger partial charge in [0.1, 0.15) is 0 Å². The number of aryl methyl sites for hydroxylation is 3. The molecule has 0 aliphatic heterocycles. The van der Waals surface area contributed by atoms with Crippen LogP contribution < -0.4 is 11.1 Å². The summed E-state index contributed by atoms with van der Waals surface area (Å²) in [5.41, 5.74) is 13.2. The van der Waals surface area contributed by atoms with Crippen LogP contribution in [0, 0.1) is 20.8 Å². The van der Waals surface area contributed by atoms with E-state index in [1.54, 1.807) is 0 Å². The molecule has 2 nitrogen and oxygen atoms in total. The maximum absolute atomic E-state index is 5.89. The van der Waals surface area contributed by atoms with E-state index in [2.05, 4.69) is 44.3 Å². The molecule has 2 rings (SSSR count). The molecule has 100 valence electrons. The highest BCUT2D eigenvalue weighted by molar-refractivity contribution is 5.47. The van der Waals surface area contributed by atoms with Crippen molar-refractivity contribution in [1.29, 1.82) is 0 Å². The number of benzene rings is 2. The van der Waals surface area contributed by atoms with Gasteiger partial charge in [0.25, 0.3) is 0 Å². The lowest BCUT2D eigenvalue weighted by molar-refractivity contribution is 0.687. The summed E-state index contributed by atoms with van der Waals surface area (Å²) >= 11 is 0. The largest absolute Gasteiger partial charge is 0.399 e. The van der Waals surface area contributed by atoms with Crippen molar-refractivity contribution in [3.05, 3.63) is 64.2 Å². The number of hydrogen-bond acceptors (Lipinski definition) is 2. The van der Waals surface area contributed by atoms with Crippen LogP contribution in [0.5, 0.6) is 0 Å². The average Bonchev–Trinajstić information content (AvgIpc) is 2.36. The Bertz CT molecular complexity index is 588. The summed E-state index contributed by atoms with van der Waals surface area (Å²) in [6, 6.07) is 12.8. The second-order valence-corrected chi connectivity index (χ2v) is 5.18. The number of nitrogens with one attached hydrogen (secondary N) is 1. The second kappa shape index (κ2) is 5.45. The summed E-state index contributed by atoms with van der Waals surface area (Å²) in [5.74, 6) is 0. The van der Waals surface area contributed by atoms with Crippen molar-refractivity contribution >= 4 is 5.69 Å². The zero-order valence-corrected chi connectivity index (χ0v) is 12.1. The van der Waals surface area contributed by atoms with Crippen LogP contribution in [0.1, 0.15) is 33.9 Å². The van der Waals surface area contributed by atoms with Crippen molar-refractivity contribution in [2.24, 2.45) is 0 Å². The molecule has 0 aliphatic rings. The number of rotatable bonds is 3. The van der Waals surface area contributed by atoms with Gasteiger partial charge in [-0.05, 0) is 67.8 Å². The summed E-state index contributed by atoms with van der Waals surface area (Å²) in [5, 5.41) is 3.39. The van der Waals surface area contributed by atoms with E-state index in [0.29, 0.717) is 0 Å². The lowest BCUT2D eigenvalue weighted by Gasteiger charge is -2.21. The molecule has 1 unspecified atom stereocenters. The van der Waals surface area contributed by atoms with Gasteiger partial charge in [-0.25, -0.2) is 0 Å². The van der Waals surface area contributed by atoms with Crippen LogP contribution in [0.25, 0.3) is 0 Å². The highest BCUT2D eigenvalue weighted by Gasteiger charge is 2.15. The standard InChI is InChI=1S/C17H22N2/c1-11-8-13(3)16(9-12(11)2)17(19-4)14-6-5-7-15(18)10-14/h5-10,17,19H,18H2,1-4H3. The van der Waals surface area contributed by atoms with Gasteiger partial charge in [-0.15, -0.1) is 0 Å². The minimum Gasteiger partial charge on any atom is -0.399 e. The molecule has 3 N–H and O–H groups in total. The SMILES string of the molecule is CNC(c1cccc(N)c1)c1cc(C)c(C)cc1C. The molecule has 0 spiro atoms. The molecule has 0 heterocycles. The third-order valence-corrected chi connectivity index (χ3v) is 3.73. The Morgan fingerprint density at radius 2 is 1.63 bits per heavy atom. The fourth-order valence-electron chi connectivity index (χ4n) is 2.53. The molecule has 19 heavy (non-hydrogen) atoms. The smallest absolute Gasteiger partial charge is 0.0577 e. The molecular weight excluding hydrogens is 232 g/mol. The monoisotopic (exact) mass is 254 g/mol. The predicted octanol–water partition coefficient (Wildman–Crippen LogP) is 3.50. The topological polar surface area (TPSA) is 38.0 Å². The van der Waals surface area contributed by atoms with Crippen molar-refractivity contribution < 1.29 is 0 Å². The van der Waals surface area contributed by atoms with E-state index in [1.807, 2.05) is 25.2 Å². The number of hydrogen-bond donors (Lipinski definition) is 2. The van der Waals surface area contributed by atoms with Crippen LogP contribution in [0.3, 0.4) is 0 Å². The molecule has 0 saturated carbocycles. The number of nitrogen functional groups attached to an aromatic ring is 1. The Kier molecular flexibility index (Phi) is 3.91. The molecule has 0 radical (unpaired) electrons.